The van der Waals surface area contributed by atoms with E-state index in [4.69, 9.17) is 13.9 Å². The molecule has 6 nitrogen and oxygen atoms in total. The van der Waals surface area contributed by atoms with E-state index in [2.05, 4.69) is 10.3 Å². The number of benzene rings is 2. The Balaban J connectivity index is 1.62. The zero-order valence-electron chi connectivity index (χ0n) is 16.3. The average molecular weight is 410 g/mol. The minimum Gasteiger partial charge on any atom is -0.497 e. The summed E-state index contributed by atoms with van der Waals surface area (Å²) >= 11 is 1.30. The monoisotopic (exact) mass is 410 g/mol. The van der Waals surface area contributed by atoms with Crippen LogP contribution >= 0.6 is 11.8 Å². The van der Waals surface area contributed by atoms with Crippen LogP contribution in [0.5, 0.6) is 11.5 Å². The zero-order chi connectivity index (χ0) is 20.2. The first-order valence-corrected chi connectivity index (χ1v) is 10.4. The van der Waals surface area contributed by atoms with Crippen molar-refractivity contribution in [1.29, 1.82) is 0 Å². The number of methoxy groups -OCH3 is 2. The molecule has 0 saturated heterocycles. The number of aromatic nitrogens is 1. The number of hydrogen-bond donors (Lipinski definition) is 1. The maximum Gasteiger partial charge on any atom is 0.257 e. The van der Waals surface area contributed by atoms with E-state index in [0.717, 1.165) is 41.2 Å². The molecule has 0 aliphatic heterocycles. The molecule has 1 aliphatic carbocycles. The molecule has 2 aromatic carbocycles. The number of nitrogens with one attached hydrogen (secondary N) is 1. The predicted molar refractivity (Wildman–Crippen MR) is 112 cm³/mol. The minimum absolute atomic E-state index is 0.00712. The fourth-order valence-corrected chi connectivity index (χ4v) is 3.51. The van der Waals surface area contributed by atoms with Crippen molar-refractivity contribution in [3.8, 4) is 34.1 Å². The van der Waals surface area contributed by atoms with Crippen LogP contribution in [0, 0.1) is 0 Å². The molecule has 7 heteroatoms. The summed E-state index contributed by atoms with van der Waals surface area (Å²) in [6.45, 7) is 0. The molecule has 1 saturated carbocycles. The van der Waals surface area contributed by atoms with Crippen molar-refractivity contribution in [2.75, 3.05) is 20.0 Å². The van der Waals surface area contributed by atoms with Crippen LogP contribution in [0.4, 0.5) is 0 Å². The van der Waals surface area contributed by atoms with Gasteiger partial charge in [-0.25, -0.2) is 4.98 Å². The number of hydrogen-bond acceptors (Lipinski definition) is 6. The summed E-state index contributed by atoms with van der Waals surface area (Å²) in [5.74, 6) is 2.48. The van der Waals surface area contributed by atoms with Crippen LogP contribution < -0.4 is 14.8 Å². The highest BCUT2D eigenvalue weighted by Gasteiger charge is 2.24. The van der Waals surface area contributed by atoms with Crippen LogP contribution in [0.15, 0.2) is 58.2 Å². The van der Waals surface area contributed by atoms with Gasteiger partial charge in [0.05, 0.1) is 20.0 Å². The van der Waals surface area contributed by atoms with Crippen molar-refractivity contribution in [2.45, 2.75) is 24.1 Å². The van der Waals surface area contributed by atoms with Crippen LogP contribution in [0.1, 0.15) is 12.8 Å². The number of oxazole rings is 1. The van der Waals surface area contributed by atoms with E-state index >= 15 is 0 Å². The molecule has 1 fully saturated rings. The molecule has 0 unspecified atom stereocenters. The predicted octanol–water partition coefficient (Wildman–Crippen LogP) is 4.40. The van der Waals surface area contributed by atoms with E-state index in [1.807, 2.05) is 48.5 Å². The lowest BCUT2D eigenvalue weighted by atomic mass is 10.1. The summed E-state index contributed by atoms with van der Waals surface area (Å²) in [7, 11) is 3.27. The summed E-state index contributed by atoms with van der Waals surface area (Å²) < 4.78 is 16.5. The first kappa shape index (κ1) is 19.4. The molecular formula is C22H22N2O4S. The highest BCUT2D eigenvalue weighted by molar-refractivity contribution is 7.99. The van der Waals surface area contributed by atoms with Crippen LogP contribution in [-0.4, -0.2) is 36.9 Å². The molecule has 4 rings (SSSR count). The standard InChI is InChI=1S/C22H22N2O4S/c1-26-17-9-3-14(4-10-17)20-21(15-5-11-18(27-2)12-6-15)28-22(24-20)29-13-19(25)23-16-7-8-16/h3-6,9-12,16H,7-8,13H2,1-2H3,(H,23,25). The Morgan fingerprint density at radius 1 is 1.03 bits per heavy atom. The quantitative estimate of drug-likeness (QED) is 0.555. The van der Waals surface area contributed by atoms with Gasteiger partial charge in [0, 0.05) is 17.2 Å². The van der Waals surface area contributed by atoms with Gasteiger partial charge in [-0.2, -0.15) is 0 Å². The van der Waals surface area contributed by atoms with Crippen LogP contribution in [-0.2, 0) is 4.79 Å². The normalized spacial score (nSPS) is 13.2. The average Bonchev–Trinajstić information content (AvgIpc) is 3.47. The van der Waals surface area contributed by atoms with Gasteiger partial charge in [-0.05, 0) is 61.4 Å². The Kier molecular flexibility index (Phi) is 5.76. The van der Waals surface area contributed by atoms with E-state index in [1.165, 1.54) is 11.8 Å². The molecule has 1 N–H and O–H groups in total. The highest BCUT2D eigenvalue weighted by atomic mass is 32.2. The third-order valence-corrected chi connectivity index (χ3v) is 5.42. The fourth-order valence-electron chi connectivity index (χ4n) is 2.87. The number of nitrogens with zero attached hydrogens (tertiary/aromatic N) is 1. The number of thioether (sulfide) groups is 1. The van der Waals surface area contributed by atoms with Crippen molar-refractivity contribution in [3.05, 3.63) is 48.5 Å². The summed E-state index contributed by atoms with van der Waals surface area (Å²) in [4.78, 5) is 16.7. The fraction of sp³-hybridized carbons (Fsp3) is 0.273. The second-order valence-corrected chi connectivity index (χ2v) is 7.67. The Morgan fingerprint density at radius 2 is 1.62 bits per heavy atom. The van der Waals surface area contributed by atoms with E-state index in [-0.39, 0.29) is 11.7 Å². The Bertz CT molecular complexity index is 914. The lowest BCUT2D eigenvalue weighted by Gasteiger charge is -2.04. The molecule has 1 heterocycles. The topological polar surface area (TPSA) is 73.6 Å². The van der Waals surface area contributed by atoms with E-state index in [9.17, 15) is 4.79 Å². The molecule has 1 aliphatic rings. The molecular weight excluding hydrogens is 388 g/mol. The summed E-state index contributed by atoms with van der Waals surface area (Å²) in [6, 6.07) is 15.6. The Hall–Kier alpha value is -2.93. The van der Waals surface area contributed by atoms with Gasteiger partial charge in [-0.3, -0.25) is 4.79 Å². The van der Waals surface area contributed by atoms with Gasteiger partial charge in [0.1, 0.15) is 17.2 Å². The van der Waals surface area contributed by atoms with Crippen LogP contribution in [0.25, 0.3) is 22.6 Å². The second kappa shape index (κ2) is 8.61. The van der Waals surface area contributed by atoms with Crippen molar-refractivity contribution in [2.24, 2.45) is 0 Å². The molecule has 3 aromatic rings. The first-order chi connectivity index (χ1) is 14.2. The van der Waals surface area contributed by atoms with E-state index in [0.29, 0.717) is 17.0 Å². The minimum atomic E-state index is 0.00712. The molecule has 0 radical (unpaired) electrons. The van der Waals surface area contributed by atoms with Crippen LogP contribution in [0.3, 0.4) is 0 Å². The zero-order valence-corrected chi connectivity index (χ0v) is 17.1. The van der Waals surface area contributed by atoms with Crippen LogP contribution in [0.2, 0.25) is 0 Å². The molecule has 0 bridgehead atoms. The van der Waals surface area contributed by atoms with Gasteiger partial charge in [-0.1, -0.05) is 11.8 Å². The molecule has 0 spiro atoms. The largest absolute Gasteiger partial charge is 0.497 e. The van der Waals surface area contributed by atoms with Gasteiger partial charge in [-0.15, -0.1) is 0 Å². The van der Waals surface area contributed by atoms with Crippen molar-refractivity contribution in [1.82, 2.24) is 10.3 Å². The first-order valence-electron chi connectivity index (χ1n) is 9.38. The third-order valence-electron chi connectivity index (χ3n) is 4.59. The Morgan fingerprint density at radius 3 is 2.17 bits per heavy atom. The molecule has 1 aromatic heterocycles. The highest BCUT2D eigenvalue weighted by Crippen LogP contribution is 2.36. The number of amides is 1. The SMILES string of the molecule is COc1ccc(-c2nc(SCC(=O)NC3CC3)oc2-c2ccc(OC)cc2)cc1. The molecule has 29 heavy (non-hydrogen) atoms. The third kappa shape index (κ3) is 4.74. The van der Waals surface area contributed by atoms with Gasteiger partial charge in [0.15, 0.2) is 5.76 Å². The lowest BCUT2D eigenvalue weighted by molar-refractivity contribution is -0.118. The van der Waals surface area contributed by atoms with Gasteiger partial charge in [0.25, 0.3) is 5.22 Å². The maximum atomic E-state index is 12.0. The number of rotatable bonds is 8. The van der Waals surface area contributed by atoms with E-state index < -0.39 is 0 Å². The van der Waals surface area contributed by atoms with Crippen molar-refractivity contribution >= 4 is 17.7 Å². The summed E-state index contributed by atoms with van der Waals surface area (Å²) in [6.07, 6.45) is 2.14. The van der Waals surface area contributed by atoms with Gasteiger partial charge >= 0.3 is 0 Å². The molecule has 0 atom stereocenters. The lowest BCUT2D eigenvalue weighted by Crippen LogP contribution is -2.26. The number of carbonyl (C=O) groups is 1. The van der Waals surface area contributed by atoms with Gasteiger partial charge in [0.2, 0.25) is 5.91 Å². The molecule has 1 amide bonds. The maximum absolute atomic E-state index is 12.0. The Labute approximate surface area is 173 Å². The summed E-state index contributed by atoms with van der Waals surface area (Å²) in [5, 5.41) is 3.44. The second-order valence-electron chi connectivity index (χ2n) is 6.74. The van der Waals surface area contributed by atoms with E-state index in [1.54, 1.807) is 14.2 Å². The van der Waals surface area contributed by atoms with Gasteiger partial charge < -0.3 is 19.2 Å². The van der Waals surface area contributed by atoms with Crippen molar-refractivity contribution in [3.63, 3.8) is 0 Å². The number of carbonyl (C=O) groups excluding carboxylic acids is 1. The number of ether oxygens (including phenoxy) is 2. The van der Waals surface area contributed by atoms with Crippen molar-refractivity contribution < 1.29 is 18.7 Å². The molecule has 150 valence electrons. The summed E-state index contributed by atoms with van der Waals surface area (Å²) in [5.41, 5.74) is 2.52. The smallest absolute Gasteiger partial charge is 0.257 e.